The largest absolute Gasteiger partial charge is 0.481 e. The van der Waals surface area contributed by atoms with Gasteiger partial charge in [-0.15, -0.1) is 0 Å². The second kappa shape index (κ2) is 6.23. The second-order valence-corrected chi connectivity index (χ2v) is 5.98. The minimum absolute atomic E-state index is 0.101. The van der Waals surface area contributed by atoms with Crippen LogP contribution in [-0.2, 0) is 4.79 Å². The third-order valence-corrected chi connectivity index (χ3v) is 3.30. The van der Waals surface area contributed by atoms with E-state index in [1.54, 1.807) is 25.8 Å². The number of aliphatic carboxylic acids is 1. The molecule has 0 aliphatic carbocycles. The Morgan fingerprint density at radius 1 is 1.32 bits per heavy atom. The van der Waals surface area contributed by atoms with E-state index in [9.17, 15) is 14.7 Å². The average molecular weight is 272 g/mol. The maximum absolute atomic E-state index is 12.1. The fourth-order valence-electron chi connectivity index (χ4n) is 2.46. The standard InChI is InChI=1S/C13H24N2O4/c1-13(2,19)9-14(3)12(18)15-6-4-10(5-7-15)8-11(16)17/h10,19H,4-9H2,1-3H3,(H,16,17). The third kappa shape index (κ3) is 5.46. The zero-order chi connectivity index (χ0) is 14.6. The number of likely N-dealkylation sites (N-methyl/N-ethyl adjacent to an activating group) is 1. The number of piperidine rings is 1. The first kappa shape index (κ1) is 15.8. The van der Waals surface area contributed by atoms with Gasteiger partial charge in [0, 0.05) is 26.6 Å². The molecule has 2 N–H and O–H groups in total. The lowest BCUT2D eigenvalue weighted by atomic mass is 9.94. The molecule has 110 valence electrons. The highest BCUT2D eigenvalue weighted by molar-refractivity contribution is 5.74. The molecule has 1 aliphatic heterocycles. The summed E-state index contributed by atoms with van der Waals surface area (Å²) in [5.74, 6) is -0.606. The van der Waals surface area contributed by atoms with E-state index >= 15 is 0 Å². The van der Waals surface area contributed by atoms with Crippen molar-refractivity contribution in [3.8, 4) is 0 Å². The van der Waals surface area contributed by atoms with Crippen LogP contribution >= 0.6 is 0 Å². The van der Waals surface area contributed by atoms with Crippen molar-refractivity contribution in [3.63, 3.8) is 0 Å². The first-order valence-corrected chi connectivity index (χ1v) is 6.63. The Labute approximate surface area is 114 Å². The fraction of sp³-hybridized carbons (Fsp3) is 0.846. The van der Waals surface area contributed by atoms with Gasteiger partial charge in [-0.05, 0) is 32.6 Å². The summed E-state index contributed by atoms with van der Waals surface area (Å²) >= 11 is 0. The van der Waals surface area contributed by atoms with Crippen molar-refractivity contribution < 1.29 is 19.8 Å². The van der Waals surface area contributed by atoms with Crippen LogP contribution in [0.1, 0.15) is 33.1 Å². The van der Waals surface area contributed by atoms with Crippen molar-refractivity contribution in [2.45, 2.75) is 38.7 Å². The molecule has 6 heteroatoms. The highest BCUT2D eigenvalue weighted by atomic mass is 16.4. The van der Waals surface area contributed by atoms with Crippen molar-refractivity contribution in [1.29, 1.82) is 0 Å². The smallest absolute Gasteiger partial charge is 0.319 e. The lowest BCUT2D eigenvalue weighted by molar-refractivity contribution is -0.138. The quantitative estimate of drug-likeness (QED) is 0.800. The molecule has 0 aromatic carbocycles. The predicted molar refractivity (Wildman–Crippen MR) is 70.9 cm³/mol. The molecular formula is C13H24N2O4. The summed E-state index contributed by atoms with van der Waals surface area (Å²) in [5.41, 5.74) is -0.911. The number of carbonyl (C=O) groups is 2. The van der Waals surface area contributed by atoms with E-state index < -0.39 is 11.6 Å². The molecule has 2 amide bonds. The van der Waals surface area contributed by atoms with Gasteiger partial charge in [0.1, 0.15) is 0 Å². The molecule has 0 aromatic heterocycles. The van der Waals surface area contributed by atoms with E-state index in [4.69, 9.17) is 5.11 Å². The molecule has 0 spiro atoms. The SMILES string of the molecule is CN(CC(C)(C)O)C(=O)N1CCC(CC(=O)O)CC1. The molecule has 0 radical (unpaired) electrons. The van der Waals surface area contributed by atoms with Crippen LogP contribution in [0.2, 0.25) is 0 Å². The minimum Gasteiger partial charge on any atom is -0.481 e. The van der Waals surface area contributed by atoms with Gasteiger partial charge in [-0.25, -0.2) is 4.79 Å². The number of carbonyl (C=O) groups excluding carboxylic acids is 1. The van der Waals surface area contributed by atoms with Crippen LogP contribution in [0.25, 0.3) is 0 Å². The molecule has 1 rings (SSSR count). The first-order valence-electron chi connectivity index (χ1n) is 6.63. The Hall–Kier alpha value is -1.30. The Balaban J connectivity index is 2.42. The van der Waals surface area contributed by atoms with E-state index in [1.807, 2.05) is 0 Å². The summed E-state index contributed by atoms with van der Waals surface area (Å²) < 4.78 is 0. The number of likely N-dealkylation sites (tertiary alicyclic amines) is 1. The minimum atomic E-state index is -0.911. The highest BCUT2D eigenvalue weighted by Gasteiger charge is 2.27. The fourth-order valence-corrected chi connectivity index (χ4v) is 2.46. The number of carboxylic acids is 1. The van der Waals surface area contributed by atoms with Gasteiger partial charge >= 0.3 is 12.0 Å². The van der Waals surface area contributed by atoms with Crippen molar-refractivity contribution in [1.82, 2.24) is 9.80 Å². The van der Waals surface area contributed by atoms with Crippen LogP contribution in [0, 0.1) is 5.92 Å². The van der Waals surface area contributed by atoms with Crippen LogP contribution in [0.3, 0.4) is 0 Å². The van der Waals surface area contributed by atoms with E-state index in [0.717, 1.165) is 12.8 Å². The maximum atomic E-state index is 12.1. The normalized spacial score (nSPS) is 17.4. The molecule has 1 aliphatic rings. The lowest BCUT2D eigenvalue weighted by Crippen LogP contribution is -2.49. The van der Waals surface area contributed by atoms with Gasteiger partial charge in [-0.2, -0.15) is 0 Å². The molecular weight excluding hydrogens is 248 g/mol. The lowest BCUT2D eigenvalue weighted by Gasteiger charge is -2.35. The van der Waals surface area contributed by atoms with Gasteiger partial charge in [-0.3, -0.25) is 4.79 Å². The Morgan fingerprint density at radius 3 is 2.26 bits per heavy atom. The molecule has 0 aromatic rings. The topological polar surface area (TPSA) is 81.1 Å². The Bertz CT molecular complexity index is 330. The van der Waals surface area contributed by atoms with Crippen molar-refractivity contribution in [2.75, 3.05) is 26.7 Å². The average Bonchev–Trinajstić information content (AvgIpc) is 2.26. The van der Waals surface area contributed by atoms with Gasteiger partial charge in [0.15, 0.2) is 0 Å². The zero-order valence-electron chi connectivity index (χ0n) is 11.9. The van der Waals surface area contributed by atoms with Crippen LogP contribution in [0.4, 0.5) is 4.79 Å². The molecule has 19 heavy (non-hydrogen) atoms. The van der Waals surface area contributed by atoms with Crippen LogP contribution in [0.5, 0.6) is 0 Å². The molecule has 0 saturated carbocycles. The van der Waals surface area contributed by atoms with Crippen molar-refractivity contribution in [2.24, 2.45) is 5.92 Å². The zero-order valence-corrected chi connectivity index (χ0v) is 11.9. The summed E-state index contributed by atoms with van der Waals surface area (Å²) in [7, 11) is 1.67. The number of hydrogen-bond donors (Lipinski definition) is 2. The van der Waals surface area contributed by atoms with Crippen LogP contribution in [0.15, 0.2) is 0 Å². The number of nitrogens with zero attached hydrogens (tertiary/aromatic N) is 2. The Morgan fingerprint density at radius 2 is 1.84 bits per heavy atom. The molecule has 0 bridgehead atoms. The molecule has 0 atom stereocenters. The molecule has 0 unspecified atom stereocenters. The van der Waals surface area contributed by atoms with Crippen LogP contribution in [-0.4, -0.2) is 64.3 Å². The summed E-state index contributed by atoms with van der Waals surface area (Å²) in [5, 5.41) is 18.4. The molecule has 1 heterocycles. The maximum Gasteiger partial charge on any atom is 0.319 e. The number of carboxylic acid groups (broad SMARTS) is 1. The van der Waals surface area contributed by atoms with Gasteiger partial charge in [0.05, 0.1) is 12.1 Å². The van der Waals surface area contributed by atoms with Gasteiger partial charge in [0.25, 0.3) is 0 Å². The van der Waals surface area contributed by atoms with E-state index in [-0.39, 0.29) is 24.9 Å². The number of rotatable bonds is 4. The third-order valence-electron chi connectivity index (χ3n) is 3.30. The van der Waals surface area contributed by atoms with E-state index in [0.29, 0.717) is 13.1 Å². The monoisotopic (exact) mass is 272 g/mol. The number of aliphatic hydroxyl groups is 1. The summed E-state index contributed by atoms with van der Waals surface area (Å²) in [6, 6.07) is -0.101. The van der Waals surface area contributed by atoms with Crippen molar-refractivity contribution >= 4 is 12.0 Å². The summed E-state index contributed by atoms with van der Waals surface area (Å²) in [4.78, 5) is 26.0. The highest BCUT2D eigenvalue weighted by Crippen LogP contribution is 2.21. The van der Waals surface area contributed by atoms with E-state index in [1.165, 1.54) is 4.90 Å². The number of urea groups is 1. The van der Waals surface area contributed by atoms with Gasteiger partial charge < -0.3 is 20.0 Å². The van der Waals surface area contributed by atoms with Gasteiger partial charge in [-0.1, -0.05) is 0 Å². The summed E-state index contributed by atoms with van der Waals surface area (Å²) in [6.45, 7) is 4.78. The van der Waals surface area contributed by atoms with Crippen LogP contribution < -0.4 is 0 Å². The molecule has 6 nitrogen and oxygen atoms in total. The predicted octanol–water partition coefficient (Wildman–Crippen LogP) is 0.996. The Kier molecular flexibility index (Phi) is 5.17. The number of hydrogen-bond acceptors (Lipinski definition) is 3. The number of amides is 2. The molecule has 1 saturated heterocycles. The molecule has 1 fully saturated rings. The second-order valence-electron chi connectivity index (χ2n) is 5.98. The summed E-state index contributed by atoms with van der Waals surface area (Å²) in [6.07, 6.45) is 1.64. The van der Waals surface area contributed by atoms with Gasteiger partial charge in [0.2, 0.25) is 0 Å². The van der Waals surface area contributed by atoms with E-state index in [2.05, 4.69) is 0 Å². The first-order chi connectivity index (χ1) is 8.69. The van der Waals surface area contributed by atoms with Crippen molar-refractivity contribution in [3.05, 3.63) is 0 Å².